The van der Waals surface area contributed by atoms with E-state index in [0.717, 1.165) is 44.1 Å². The fraction of sp³-hybridized carbons (Fsp3) is 0.562. The quantitative estimate of drug-likeness (QED) is 0.867. The van der Waals surface area contributed by atoms with E-state index in [2.05, 4.69) is 14.9 Å². The molecule has 0 N–H and O–H groups in total. The van der Waals surface area contributed by atoms with Crippen LogP contribution in [0, 0.1) is 0 Å². The van der Waals surface area contributed by atoms with Gasteiger partial charge in [0.15, 0.2) is 5.82 Å². The average Bonchev–Trinajstić information content (AvgIpc) is 3.27. The van der Waals surface area contributed by atoms with Crippen LogP contribution in [0.15, 0.2) is 31.1 Å². The van der Waals surface area contributed by atoms with E-state index in [-0.39, 0.29) is 0 Å². The third kappa shape index (κ3) is 2.64. The summed E-state index contributed by atoms with van der Waals surface area (Å²) in [7, 11) is 0. The van der Waals surface area contributed by atoms with Gasteiger partial charge in [-0.15, -0.1) is 0 Å². The summed E-state index contributed by atoms with van der Waals surface area (Å²) >= 11 is 0. The van der Waals surface area contributed by atoms with Crippen LogP contribution in [-0.4, -0.2) is 50.2 Å². The summed E-state index contributed by atoms with van der Waals surface area (Å²) in [5.74, 6) is 0.842. The molecule has 0 radical (unpaired) electrons. The van der Waals surface area contributed by atoms with Crippen molar-refractivity contribution in [1.82, 2.24) is 24.4 Å². The highest BCUT2D eigenvalue weighted by Gasteiger charge is 2.33. The summed E-state index contributed by atoms with van der Waals surface area (Å²) in [5.41, 5.74) is 1.08. The number of nitrogens with zero attached hydrogens (tertiary/aromatic N) is 5. The third-order valence-electron chi connectivity index (χ3n) is 4.70. The fourth-order valence-corrected chi connectivity index (χ4v) is 3.61. The zero-order chi connectivity index (χ0) is 14.8. The van der Waals surface area contributed by atoms with E-state index in [1.54, 1.807) is 18.7 Å². The maximum Gasteiger partial charge on any atom is 0.156 e. The Hall–Kier alpha value is -1.79. The number of rotatable bonds is 3. The molecule has 2 aromatic heterocycles. The monoisotopic (exact) mass is 299 g/mol. The highest BCUT2D eigenvalue weighted by molar-refractivity contribution is 5.21. The lowest BCUT2D eigenvalue weighted by Crippen LogP contribution is -2.39. The lowest BCUT2D eigenvalue weighted by Gasteiger charge is -2.35. The molecule has 22 heavy (non-hydrogen) atoms. The van der Waals surface area contributed by atoms with Crippen molar-refractivity contribution in [2.24, 2.45) is 0 Å². The van der Waals surface area contributed by atoms with Crippen molar-refractivity contribution in [3.63, 3.8) is 0 Å². The Morgan fingerprint density at radius 1 is 1.09 bits per heavy atom. The second-order valence-electron chi connectivity index (χ2n) is 6.01. The summed E-state index contributed by atoms with van der Waals surface area (Å²) in [5, 5.41) is 0. The fourth-order valence-electron chi connectivity index (χ4n) is 3.61. The molecule has 6 heteroatoms. The molecule has 0 aliphatic carbocycles. The first-order valence-electron chi connectivity index (χ1n) is 8.05. The van der Waals surface area contributed by atoms with Gasteiger partial charge in [-0.05, 0) is 32.2 Å². The SMILES string of the molecule is c1cn(-c2cncc([C@H]3CCCN3C3CCOCC3)n2)cn1. The van der Waals surface area contributed by atoms with E-state index in [1.165, 1.54) is 12.8 Å². The maximum absolute atomic E-state index is 5.50. The second kappa shape index (κ2) is 6.14. The molecule has 4 rings (SSSR count). The molecule has 2 fully saturated rings. The normalized spacial score (nSPS) is 23.9. The number of hydrogen-bond donors (Lipinski definition) is 0. The van der Waals surface area contributed by atoms with Crippen LogP contribution < -0.4 is 0 Å². The number of hydrogen-bond acceptors (Lipinski definition) is 5. The zero-order valence-electron chi connectivity index (χ0n) is 12.6. The first-order valence-corrected chi connectivity index (χ1v) is 8.05. The van der Waals surface area contributed by atoms with E-state index in [4.69, 9.17) is 9.72 Å². The van der Waals surface area contributed by atoms with Crippen molar-refractivity contribution in [3.8, 4) is 5.82 Å². The van der Waals surface area contributed by atoms with Gasteiger partial charge in [0.2, 0.25) is 0 Å². The van der Waals surface area contributed by atoms with Crippen LogP contribution in [0.2, 0.25) is 0 Å². The number of likely N-dealkylation sites (tertiary alicyclic amines) is 1. The van der Waals surface area contributed by atoms with Crippen LogP contribution in [-0.2, 0) is 4.74 Å². The first-order chi connectivity index (χ1) is 10.9. The highest BCUT2D eigenvalue weighted by Crippen LogP contribution is 2.35. The molecule has 2 aromatic rings. The van der Waals surface area contributed by atoms with Gasteiger partial charge in [0.05, 0.1) is 24.1 Å². The van der Waals surface area contributed by atoms with Crippen LogP contribution in [0.3, 0.4) is 0 Å². The number of ether oxygens (including phenoxy) is 1. The van der Waals surface area contributed by atoms with E-state index in [0.29, 0.717) is 12.1 Å². The van der Waals surface area contributed by atoms with E-state index >= 15 is 0 Å². The lowest BCUT2D eigenvalue weighted by atomic mass is 10.0. The molecule has 0 aromatic carbocycles. The van der Waals surface area contributed by atoms with E-state index in [1.807, 2.05) is 17.0 Å². The Bertz CT molecular complexity index is 609. The van der Waals surface area contributed by atoms with Crippen LogP contribution in [0.4, 0.5) is 0 Å². The summed E-state index contributed by atoms with van der Waals surface area (Å²) in [6.45, 7) is 2.93. The van der Waals surface area contributed by atoms with Crippen molar-refractivity contribution >= 4 is 0 Å². The molecule has 0 bridgehead atoms. The molecular weight excluding hydrogens is 278 g/mol. The van der Waals surface area contributed by atoms with Gasteiger partial charge >= 0.3 is 0 Å². The summed E-state index contributed by atoms with van der Waals surface area (Å²) in [6.07, 6.45) is 13.8. The predicted molar refractivity (Wildman–Crippen MR) is 81.7 cm³/mol. The summed E-state index contributed by atoms with van der Waals surface area (Å²) < 4.78 is 7.41. The predicted octanol–water partition coefficient (Wildman–Crippen LogP) is 1.98. The first kappa shape index (κ1) is 13.8. The Morgan fingerprint density at radius 3 is 2.82 bits per heavy atom. The van der Waals surface area contributed by atoms with Crippen molar-refractivity contribution in [2.75, 3.05) is 19.8 Å². The van der Waals surface area contributed by atoms with Crippen LogP contribution in [0.1, 0.15) is 37.4 Å². The van der Waals surface area contributed by atoms with Crippen LogP contribution in [0.25, 0.3) is 5.82 Å². The molecule has 0 spiro atoms. The highest BCUT2D eigenvalue weighted by atomic mass is 16.5. The Morgan fingerprint density at radius 2 is 2.00 bits per heavy atom. The molecule has 116 valence electrons. The minimum atomic E-state index is 0.388. The van der Waals surface area contributed by atoms with Gasteiger partial charge in [0.1, 0.15) is 6.33 Å². The third-order valence-corrected chi connectivity index (χ3v) is 4.70. The molecule has 2 saturated heterocycles. The smallest absolute Gasteiger partial charge is 0.156 e. The summed E-state index contributed by atoms with van der Waals surface area (Å²) in [4.78, 5) is 15.9. The molecule has 2 aliphatic rings. The van der Waals surface area contributed by atoms with Crippen LogP contribution in [0.5, 0.6) is 0 Å². The second-order valence-corrected chi connectivity index (χ2v) is 6.01. The zero-order valence-corrected chi connectivity index (χ0v) is 12.6. The molecule has 2 aliphatic heterocycles. The standard InChI is InChI=1S/C16H21N5O/c1-2-15(21(6-1)13-3-8-22-9-4-13)14-10-18-11-16(19-14)20-7-5-17-12-20/h5,7,10-13,15H,1-4,6,8-9H2/t15-/m1/s1. The van der Waals surface area contributed by atoms with E-state index < -0.39 is 0 Å². The van der Waals surface area contributed by atoms with Crippen molar-refractivity contribution in [2.45, 2.75) is 37.8 Å². The molecule has 1 atom stereocenters. The molecule has 6 nitrogen and oxygen atoms in total. The van der Waals surface area contributed by atoms with Gasteiger partial charge in [0, 0.05) is 31.6 Å². The van der Waals surface area contributed by atoms with Gasteiger partial charge in [-0.1, -0.05) is 0 Å². The van der Waals surface area contributed by atoms with Gasteiger partial charge in [-0.3, -0.25) is 14.5 Å². The van der Waals surface area contributed by atoms with Gasteiger partial charge in [0.25, 0.3) is 0 Å². The largest absolute Gasteiger partial charge is 0.381 e. The molecule has 0 amide bonds. The van der Waals surface area contributed by atoms with Gasteiger partial charge in [-0.25, -0.2) is 9.97 Å². The molecule has 0 unspecified atom stereocenters. The van der Waals surface area contributed by atoms with Gasteiger partial charge in [-0.2, -0.15) is 0 Å². The Labute approximate surface area is 130 Å². The minimum absolute atomic E-state index is 0.388. The van der Waals surface area contributed by atoms with E-state index in [9.17, 15) is 0 Å². The summed E-state index contributed by atoms with van der Waals surface area (Å²) in [6, 6.07) is 1.01. The molecular formula is C16H21N5O. The van der Waals surface area contributed by atoms with Crippen LogP contribution >= 0.6 is 0 Å². The minimum Gasteiger partial charge on any atom is -0.381 e. The molecule has 4 heterocycles. The van der Waals surface area contributed by atoms with Crippen molar-refractivity contribution in [1.29, 1.82) is 0 Å². The Kier molecular flexibility index (Phi) is 3.86. The maximum atomic E-state index is 5.50. The topological polar surface area (TPSA) is 56.1 Å². The Balaban J connectivity index is 1.59. The lowest BCUT2D eigenvalue weighted by molar-refractivity contribution is 0.0284. The van der Waals surface area contributed by atoms with Crippen molar-refractivity contribution in [3.05, 3.63) is 36.8 Å². The van der Waals surface area contributed by atoms with Gasteiger partial charge < -0.3 is 4.74 Å². The molecule has 0 saturated carbocycles. The van der Waals surface area contributed by atoms with Crippen molar-refractivity contribution < 1.29 is 4.74 Å². The number of imidazole rings is 1. The number of aromatic nitrogens is 4. The average molecular weight is 299 g/mol.